The van der Waals surface area contributed by atoms with Crippen LogP contribution in [0.4, 0.5) is 5.69 Å². The SMILES string of the molecule is Cl.Cn1cnnc1-c1cccc(NC(=O)C2CCCCN2)c1. The summed E-state index contributed by atoms with van der Waals surface area (Å²) in [5, 5.41) is 14.2. The van der Waals surface area contributed by atoms with Crippen LogP contribution in [0.3, 0.4) is 0 Å². The number of carbonyl (C=O) groups excluding carboxylic acids is 1. The number of carbonyl (C=O) groups is 1. The molecule has 2 aromatic rings. The van der Waals surface area contributed by atoms with Gasteiger partial charge in [0.05, 0.1) is 6.04 Å². The summed E-state index contributed by atoms with van der Waals surface area (Å²) in [6.45, 7) is 0.914. The van der Waals surface area contributed by atoms with Crippen molar-refractivity contribution in [1.29, 1.82) is 0 Å². The van der Waals surface area contributed by atoms with Crippen LogP contribution < -0.4 is 10.6 Å². The summed E-state index contributed by atoms with van der Waals surface area (Å²) < 4.78 is 1.85. The second-order valence-corrected chi connectivity index (χ2v) is 5.34. The van der Waals surface area contributed by atoms with E-state index in [1.807, 2.05) is 35.9 Å². The summed E-state index contributed by atoms with van der Waals surface area (Å²) in [4.78, 5) is 12.2. The number of hydrogen-bond donors (Lipinski definition) is 2. The minimum Gasteiger partial charge on any atom is -0.325 e. The maximum absolute atomic E-state index is 12.2. The Morgan fingerprint density at radius 1 is 1.41 bits per heavy atom. The van der Waals surface area contributed by atoms with Gasteiger partial charge in [0.25, 0.3) is 0 Å². The van der Waals surface area contributed by atoms with Gasteiger partial charge in [-0.15, -0.1) is 22.6 Å². The van der Waals surface area contributed by atoms with Crippen LogP contribution in [0.5, 0.6) is 0 Å². The second-order valence-electron chi connectivity index (χ2n) is 5.34. The molecule has 1 saturated heterocycles. The van der Waals surface area contributed by atoms with Gasteiger partial charge in [-0.2, -0.15) is 0 Å². The standard InChI is InChI=1S/C15H19N5O.ClH/c1-20-10-17-19-14(20)11-5-4-6-12(9-11)18-15(21)13-7-2-3-8-16-13;/h4-6,9-10,13,16H,2-3,7-8H2,1H3,(H,18,21);1H. The zero-order valence-corrected chi connectivity index (χ0v) is 13.3. The molecule has 7 heteroatoms. The lowest BCUT2D eigenvalue weighted by Gasteiger charge is -2.22. The average molecular weight is 322 g/mol. The predicted octanol–water partition coefficient (Wildman–Crippen LogP) is 1.98. The molecule has 0 radical (unpaired) electrons. The molecule has 1 atom stereocenters. The van der Waals surface area contributed by atoms with E-state index in [0.29, 0.717) is 0 Å². The van der Waals surface area contributed by atoms with Gasteiger partial charge < -0.3 is 15.2 Å². The van der Waals surface area contributed by atoms with Crippen molar-refractivity contribution >= 4 is 24.0 Å². The highest BCUT2D eigenvalue weighted by atomic mass is 35.5. The van der Waals surface area contributed by atoms with Crippen LogP contribution in [0, 0.1) is 0 Å². The van der Waals surface area contributed by atoms with Crippen molar-refractivity contribution in [3.05, 3.63) is 30.6 Å². The topological polar surface area (TPSA) is 71.8 Å². The summed E-state index contributed by atoms with van der Waals surface area (Å²) in [6, 6.07) is 7.59. The molecular weight excluding hydrogens is 302 g/mol. The van der Waals surface area contributed by atoms with E-state index < -0.39 is 0 Å². The lowest BCUT2D eigenvalue weighted by molar-refractivity contribution is -0.118. The van der Waals surface area contributed by atoms with Crippen molar-refractivity contribution < 1.29 is 4.79 Å². The number of aryl methyl sites for hydroxylation is 1. The van der Waals surface area contributed by atoms with Gasteiger partial charge in [-0.1, -0.05) is 18.6 Å². The highest BCUT2D eigenvalue weighted by Gasteiger charge is 2.20. The molecular formula is C15H20ClN5O. The normalized spacial score (nSPS) is 17.6. The van der Waals surface area contributed by atoms with Gasteiger partial charge in [0.15, 0.2) is 5.82 Å². The third-order valence-electron chi connectivity index (χ3n) is 3.73. The third kappa shape index (κ3) is 3.64. The van der Waals surface area contributed by atoms with E-state index in [4.69, 9.17) is 0 Å². The number of amides is 1. The van der Waals surface area contributed by atoms with Crippen molar-refractivity contribution in [2.24, 2.45) is 7.05 Å². The molecule has 3 rings (SSSR count). The zero-order chi connectivity index (χ0) is 14.7. The molecule has 0 bridgehead atoms. The molecule has 1 amide bonds. The molecule has 1 aromatic carbocycles. The summed E-state index contributed by atoms with van der Waals surface area (Å²) in [5.74, 6) is 0.812. The van der Waals surface area contributed by atoms with Crippen molar-refractivity contribution in [3.63, 3.8) is 0 Å². The van der Waals surface area contributed by atoms with E-state index in [-0.39, 0.29) is 24.4 Å². The van der Waals surface area contributed by atoms with E-state index in [2.05, 4.69) is 20.8 Å². The first-order valence-electron chi connectivity index (χ1n) is 7.23. The van der Waals surface area contributed by atoms with E-state index in [0.717, 1.165) is 42.9 Å². The fourth-order valence-corrected chi connectivity index (χ4v) is 2.59. The van der Waals surface area contributed by atoms with Gasteiger partial charge in [0.1, 0.15) is 6.33 Å². The first-order valence-corrected chi connectivity index (χ1v) is 7.23. The minimum atomic E-state index is -0.0859. The maximum atomic E-state index is 12.2. The summed E-state index contributed by atoms with van der Waals surface area (Å²) in [5.41, 5.74) is 1.72. The Hall–Kier alpha value is -1.92. The van der Waals surface area contributed by atoms with Crippen LogP contribution in [0.1, 0.15) is 19.3 Å². The number of piperidine rings is 1. The van der Waals surface area contributed by atoms with Gasteiger partial charge >= 0.3 is 0 Å². The lowest BCUT2D eigenvalue weighted by Crippen LogP contribution is -2.43. The fraction of sp³-hybridized carbons (Fsp3) is 0.400. The van der Waals surface area contributed by atoms with E-state index >= 15 is 0 Å². The number of hydrogen-bond acceptors (Lipinski definition) is 4. The largest absolute Gasteiger partial charge is 0.325 e. The highest BCUT2D eigenvalue weighted by Crippen LogP contribution is 2.20. The number of benzene rings is 1. The molecule has 1 aliphatic heterocycles. The van der Waals surface area contributed by atoms with Crippen LogP contribution in [0.2, 0.25) is 0 Å². The molecule has 2 heterocycles. The monoisotopic (exact) mass is 321 g/mol. The molecule has 2 N–H and O–H groups in total. The Labute approximate surface area is 135 Å². The van der Waals surface area contributed by atoms with Crippen LogP contribution >= 0.6 is 12.4 Å². The molecule has 1 aliphatic rings. The van der Waals surface area contributed by atoms with Gasteiger partial charge in [-0.05, 0) is 31.5 Å². The molecule has 118 valence electrons. The Kier molecular flexibility index (Phi) is 5.51. The minimum absolute atomic E-state index is 0. The summed E-state index contributed by atoms with van der Waals surface area (Å²) in [6.07, 6.45) is 4.80. The van der Waals surface area contributed by atoms with Crippen LogP contribution in [0.25, 0.3) is 11.4 Å². The molecule has 0 aliphatic carbocycles. The molecule has 1 aromatic heterocycles. The van der Waals surface area contributed by atoms with Crippen LogP contribution in [-0.2, 0) is 11.8 Å². The second kappa shape index (κ2) is 7.38. The average Bonchev–Trinajstić information content (AvgIpc) is 2.94. The first-order chi connectivity index (χ1) is 10.2. The number of aromatic nitrogens is 3. The molecule has 1 unspecified atom stereocenters. The molecule has 0 saturated carbocycles. The number of halogens is 1. The van der Waals surface area contributed by atoms with E-state index in [1.165, 1.54) is 0 Å². The zero-order valence-electron chi connectivity index (χ0n) is 12.5. The van der Waals surface area contributed by atoms with Gasteiger partial charge in [0.2, 0.25) is 5.91 Å². The van der Waals surface area contributed by atoms with E-state index in [9.17, 15) is 4.79 Å². The summed E-state index contributed by atoms with van der Waals surface area (Å²) >= 11 is 0. The number of nitrogens with one attached hydrogen (secondary N) is 2. The van der Waals surface area contributed by atoms with Crippen molar-refractivity contribution in [3.8, 4) is 11.4 Å². The van der Waals surface area contributed by atoms with Gasteiger partial charge in [-0.3, -0.25) is 4.79 Å². The number of anilines is 1. The molecule has 6 nitrogen and oxygen atoms in total. The van der Waals surface area contributed by atoms with Crippen LogP contribution in [0.15, 0.2) is 30.6 Å². The van der Waals surface area contributed by atoms with Crippen molar-refractivity contribution in [2.45, 2.75) is 25.3 Å². The summed E-state index contributed by atoms with van der Waals surface area (Å²) in [7, 11) is 1.90. The highest BCUT2D eigenvalue weighted by molar-refractivity contribution is 5.95. The van der Waals surface area contributed by atoms with Gasteiger partial charge in [-0.25, -0.2) is 0 Å². The third-order valence-corrected chi connectivity index (χ3v) is 3.73. The maximum Gasteiger partial charge on any atom is 0.241 e. The Bertz CT molecular complexity index is 636. The van der Waals surface area contributed by atoms with Crippen molar-refractivity contribution in [1.82, 2.24) is 20.1 Å². The number of rotatable bonds is 3. The Morgan fingerprint density at radius 2 is 2.27 bits per heavy atom. The molecule has 1 fully saturated rings. The molecule has 0 spiro atoms. The lowest BCUT2D eigenvalue weighted by atomic mass is 10.0. The van der Waals surface area contributed by atoms with Gasteiger partial charge in [0, 0.05) is 18.3 Å². The number of nitrogens with zero attached hydrogens (tertiary/aromatic N) is 3. The smallest absolute Gasteiger partial charge is 0.241 e. The quantitative estimate of drug-likeness (QED) is 0.907. The molecule has 22 heavy (non-hydrogen) atoms. The fourth-order valence-electron chi connectivity index (χ4n) is 2.59. The first kappa shape index (κ1) is 16.5. The van der Waals surface area contributed by atoms with Crippen LogP contribution in [-0.4, -0.2) is 33.3 Å². The predicted molar refractivity (Wildman–Crippen MR) is 88.0 cm³/mol. The van der Waals surface area contributed by atoms with Crippen molar-refractivity contribution in [2.75, 3.05) is 11.9 Å². The Morgan fingerprint density at radius 3 is 2.95 bits per heavy atom. The van der Waals surface area contributed by atoms with E-state index in [1.54, 1.807) is 6.33 Å². The Balaban J connectivity index is 0.00000176.